The summed E-state index contributed by atoms with van der Waals surface area (Å²) in [6, 6.07) is 35.1. The lowest BCUT2D eigenvalue weighted by atomic mass is 10.3. The van der Waals surface area contributed by atoms with Crippen LogP contribution in [0.3, 0.4) is 0 Å². The number of thioether (sulfide) groups is 1. The van der Waals surface area contributed by atoms with Crippen molar-refractivity contribution in [3.05, 3.63) is 91.0 Å². The molecule has 0 spiro atoms. The minimum Gasteiger partial charge on any atom is -0.198 e. The molecular weight excluding hydrogens is 365 g/mol. The number of hydrogen-bond acceptors (Lipinski definition) is 2. The number of rotatable bonds is 8. The Bertz CT molecular complexity index is 762. The Morgan fingerprint density at radius 2 is 1.19 bits per heavy atom. The highest BCUT2D eigenvalue weighted by Crippen LogP contribution is 2.61. The van der Waals surface area contributed by atoms with Gasteiger partial charge in [-0.3, -0.25) is 0 Å². The molecule has 0 amide bonds. The van der Waals surface area contributed by atoms with Gasteiger partial charge in [-0.2, -0.15) is 17.0 Å². The van der Waals surface area contributed by atoms with Crippen LogP contribution in [0.15, 0.2) is 91.0 Å². The normalized spacial score (nSPS) is 12.3. The first kappa shape index (κ1) is 19.7. The van der Waals surface area contributed by atoms with Gasteiger partial charge < -0.3 is 0 Å². The first-order valence-corrected chi connectivity index (χ1v) is 12.4. The summed E-state index contributed by atoms with van der Waals surface area (Å²) in [6.45, 7) is 2.20. The molecule has 0 bridgehead atoms. The molecule has 27 heavy (non-hydrogen) atoms. The highest BCUT2D eigenvalue weighted by atomic mass is 32.2. The zero-order chi connectivity index (χ0) is 19.0. The molecule has 3 aromatic rings. The summed E-state index contributed by atoms with van der Waals surface area (Å²) in [5.41, 5.74) is 0.291. The van der Waals surface area contributed by atoms with Crippen LogP contribution in [-0.4, -0.2) is 17.2 Å². The van der Waals surface area contributed by atoms with E-state index in [9.17, 15) is 5.26 Å². The predicted octanol–water partition coefficient (Wildman–Crippen LogP) is 5.02. The quantitative estimate of drug-likeness (QED) is 0.505. The van der Waals surface area contributed by atoms with Crippen molar-refractivity contribution in [3.8, 4) is 6.07 Å². The first-order valence-electron chi connectivity index (χ1n) is 9.34. The Morgan fingerprint density at radius 3 is 1.52 bits per heavy atom. The number of hydrogen-bond donors (Lipinski definition) is 0. The maximum Gasteiger partial charge on any atom is 0.116 e. The van der Waals surface area contributed by atoms with E-state index in [1.54, 1.807) is 0 Å². The molecule has 136 valence electrons. The molecule has 0 aromatic heterocycles. The summed E-state index contributed by atoms with van der Waals surface area (Å²) in [6.07, 6.45) is 0.569. The van der Waals surface area contributed by atoms with E-state index in [4.69, 9.17) is 0 Å². The van der Waals surface area contributed by atoms with Crippen LogP contribution >= 0.6 is 19.0 Å². The predicted molar refractivity (Wildman–Crippen MR) is 122 cm³/mol. The minimum atomic E-state index is -1.95. The Labute approximate surface area is 167 Å². The van der Waals surface area contributed by atoms with Gasteiger partial charge in [-0.1, -0.05) is 61.5 Å². The van der Waals surface area contributed by atoms with Crippen molar-refractivity contribution in [2.24, 2.45) is 0 Å². The third-order valence-corrected chi connectivity index (χ3v) is 11.0. The van der Waals surface area contributed by atoms with Crippen LogP contribution in [0.1, 0.15) is 13.3 Å². The highest BCUT2D eigenvalue weighted by molar-refractivity contribution is 8.01. The standard InChI is InChI=1S/C24H25NPS/c1-2-27-20-24(18-19-25)26(21-12-6-3-7-13-21,22-14-8-4-9-15-22)23-16-10-5-11-17-23/h3-17,24H,2,18,20H2,1H3/q+1. The van der Waals surface area contributed by atoms with Gasteiger partial charge in [0.1, 0.15) is 28.8 Å². The Balaban J connectivity index is 2.33. The van der Waals surface area contributed by atoms with Gasteiger partial charge in [-0.25, -0.2) is 0 Å². The summed E-state index contributed by atoms with van der Waals surface area (Å²) < 4.78 is 0. The van der Waals surface area contributed by atoms with Crippen LogP contribution in [-0.2, 0) is 0 Å². The Kier molecular flexibility index (Phi) is 7.11. The van der Waals surface area contributed by atoms with Crippen LogP contribution in [0.2, 0.25) is 0 Å². The van der Waals surface area contributed by atoms with Crippen molar-refractivity contribution >= 4 is 34.9 Å². The lowest BCUT2D eigenvalue weighted by Gasteiger charge is -2.33. The van der Waals surface area contributed by atoms with Gasteiger partial charge in [-0.05, 0) is 42.2 Å². The third-order valence-electron chi connectivity index (χ3n) is 4.88. The summed E-state index contributed by atoms with van der Waals surface area (Å²) in [7, 11) is -1.95. The first-order chi connectivity index (χ1) is 13.3. The van der Waals surface area contributed by atoms with Gasteiger partial charge in [0, 0.05) is 5.75 Å². The van der Waals surface area contributed by atoms with Gasteiger partial charge in [-0.15, -0.1) is 0 Å². The Hall–Kier alpha value is -2.07. The van der Waals surface area contributed by atoms with Crippen LogP contribution in [0.25, 0.3) is 0 Å². The second-order valence-corrected chi connectivity index (χ2v) is 11.4. The summed E-state index contributed by atoms with van der Waals surface area (Å²) >= 11 is 1.94. The van der Waals surface area contributed by atoms with Crippen LogP contribution < -0.4 is 15.9 Å². The van der Waals surface area contributed by atoms with Gasteiger partial charge >= 0.3 is 0 Å². The topological polar surface area (TPSA) is 23.8 Å². The highest BCUT2D eigenvalue weighted by Gasteiger charge is 2.51. The van der Waals surface area contributed by atoms with E-state index in [-0.39, 0.29) is 0 Å². The Morgan fingerprint density at radius 1 is 0.778 bits per heavy atom. The number of nitrogens with zero attached hydrogens (tertiary/aromatic N) is 1. The van der Waals surface area contributed by atoms with Crippen molar-refractivity contribution < 1.29 is 0 Å². The molecule has 0 saturated heterocycles. The average molecular weight is 391 g/mol. The zero-order valence-electron chi connectivity index (χ0n) is 15.7. The molecule has 3 aromatic carbocycles. The second-order valence-electron chi connectivity index (χ2n) is 6.40. The summed E-state index contributed by atoms with van der Waals surface area (Å²) in [5.74, 6) is 2.07. The molecule has 0 N–H and O–H groups in total. The van der Waals surface area contributed by atoms with Crippen molar-refractivity contribution in [1.82, 2.24) is 0 Å². The molecule has 1 nitrogen and oxygen atoms in total. The third kappa shape index (κ3) is 4.11. The van der Waals surface area contributed by atoms with Crippen molar-refractivity contribution in [1.29, 1.82) is 5.26 Å². The smallest absolute Gasteiger partial charge is 0.116 e. The summed E-state index contributed by atoms with van der Waals surface area (Å²) in [5, 5.41) is 13.8. The lowest BCUT2D eigenvalue weighted by Crippen LogP contribution is -2.40. The fourth-order valence-electron chi connectivity index (χ4n) is 3.74. The van der Waals surface area contributed by atoms with E-state index >= 15 is 0 Å². The van der Waals surface area contributed by atoms with Gasteiger partial charge in [0.25, 0.3) is 0 Å². The van der Waals surface area contributed by atoms with Crippen molar-refractivity contribution in [3.63, 3.8) is 0 Å². The molecule has 0 aliphatic heterocycles. The van der Waals surface area contributed by atoms with Gasteiger partial charge in [0.2, 0.25) is 0 Å². The molecule has 0 aliphatic carbocycles. The van der Waals surface area contributed by atoms with Crippen LogP contribution in [0.5, 0.6) is 0 Å². The maximum absolute atomic E-state index is 9.70. The molecule has 0 fully saturated rings. The van der Waals surface area contributed by atoms with E-state index in [1.807, 2.05) is 11.8 Å². The van der Waals surface area contributed by atoms with E-state index in [1.165, 1.54) is 15.9 Å². The molecule has 3 heteroatoms. The molecule has 1 atom stereocenters. The second kappa shape index (κ2) is 9.75. The van der Waals surface area contributed by atoms with Crippen molar-refractivity contribution in [2.45, 2.75) is 19.0 Å². The van der Waals surface area contributed by atoms with Crippen LogP contribution in [0, 0.1) is 11.3 Å². The fraction of sp³-hybridized carbons (Fsp3) is 0.208. The molecule has 0 saturated carbocycles. The maximum atomic E-state index is 9.70. The minimum absolute atomic E-state index is 0.291. The van der Waals surface area contributed by atoms with Crippen LogP contribution in [0.4, 0.5) is 0 Å². The largest absolute Gasteiger partial charge is 0.198 e. The lowest BCUT2D eigenvalue weighted by molar-refractivity contribution is 0.987. The number of benzene rings is 3. The van der Waals surface area contributed by atoms with Crippen molar-refractivity contribution in [2.75, 3.05) is 11.5 Å². The average Bonchev–Trinajstić information content (AvgIpc) is 2.75. The fourth-order valence-corrected chi connectivity index (χ4v) is 10.0. The van der Waals surface area contributed by atoms with Gasteiger partial charge in [0.05, 0.1) is 12.5 Å². The summed E-state index contributed by atoms with van der Waals surface area (Å²) in [4.78, 5) is 0. The zero-order valence-corrected chi connectivity index (χ0v) is 17.4. The molecule has 0 aliphatic rings. The molecule has 3 rings (SSSR count). The van der Waals surface area contributed by atoms with Gasteiger partial charge in [0.15, 0.2) is 0 Å². The SMILES string of the molecule is CCSCC(CC#N)[P+](c1ccccc1)(c1ccccc1)c1ccccc1. The van der Waals surface area contributed by atoms with E-state index in [2.05, 4.69) is 104 Å². The van der Waals surface area contributed by atoms with E-state index in [0.717, 1.165) is 11.5 Å². The molecule has 0 radical (unpaired) electrons. The van der Waals surface area contributed by atoms with E-state index < -0.39 is 7.26 Å². The molecule has 0 heterocycles. The monoisotopic (exact) mass is 390 g/mol. The molecule has 1 unspecified atom stereocenters. The number of nitriles is 1. The van der Waals surface area contributed by atoms with E-state index in [0.29, 0.717) is 12.1 Å². The molecular formula is C24H25NPS+.